The minimum absolute atomic E-state index is 0.182. The van der Waals surface area contributed by atoms with Crippen molar-refractivity contribution in [2.24, 2.45) is 0 Å². The van der Waals surface area contributed by atoms with Gasteiger partial charge in [0.1, 0.15) is 6.04 Å². The van der Waals surface area contributed by atoms with Gasteiger partial charge in [-0.15, -0.1) is 11.3 Å². The number of imide groups is 1. The Balaban J connectivity index is 1.68. The molecule has 23 heavy (non-hydrogen) atoms. The maximum atomic E-state index is 12.5. The van der Waals surface area contributed by atoms with Crippen LogP contribution in [-0.4, -0.2) is 27.9 Å². The van der Waals surface area contributed by atoms with Gasteiger partial charge in [-0.05, 0) is 5.56 Å². The van der Waals surface area contributed by atoms with Gasteiger partial charge in [0.2, 0.25) is 0 Å². The minimum atomic E-state index is -0.492. The van der Waals surface area contributed by atoms with E-state index < -0.39 is 6.04 Å². The monoisotopic (exact) mass is 329 g/mol. The average molecular weight is 329 g/mol. The molecule has 1 fully saturated rings. The van der Waals surface area contributed by atoms with Gasteiger partial charge in [0.25, 0.3) is 5.91 Å². The quantitative estimate of drug-likeness (QED) is 0.858. The van der Waals surface area contributed by atoms with Crippen molar-refractivity contribution in [2.75, 3.05) is 0 Å². The van der Waals surface area contributed by atoms with Crippen LogP contribution in [0.25, 0.3) is 0 Å². The molecule has 2 aromatic rings. The second-order valence-electron chi connectivity index (χ2n) is 5.95. The van der Waals surface area contributed by atoms with Gasteiger partial charge in [0, 0.05) is 17.7 Å². The number of benzene rings is 1. The normalized spacial score (nSPS) is 17.9. The number of urea groups is 1. The van der Waals surface area contributed by atoms with Crippen molar-refractivity contribution < 1.29 is 9.59 Å². The molecular formula is C17H19N3O2S. The lowest BCUT2D eigenvalue weighted by atomic mass is 10.1. The SMILES string of the molecule is CC(C)c1nc(CN2C(=O)N[C@H](Cc3ccccc3)C2=O)cs1. The highest BCUT2D eigenvalue weighted by Gasteiger charge is 2.38. The molecule has 0 bridgehead atoms. The lowest BCUT2D eigenvalue weighted by Gasteiger charge is -2.11. The summed E-state index contributed by atoms with van der Waals surface area (Å²) in [6.45, 7) is 4.39. The van der Waals surface area contributed by atoms with Gasteiger partial charge in [0.15, 0.2) is 0 Å². The molecule has 0 unspecified atom stereocenters. The molecule has 0 saturated carbocycles. The van der Waals surface area contributed by atoms with Crippen molar-refractivity contribution in [1.29, 1.82) is 0 Å². The molecular weight excluding hydrogens is 310 g/mol. The molecule has 0 radical (unpaired) electrons. The number of rotatable bonds is 5. The van der Waals surface area contributed by atoms with Crippen LogP contribution in [0.2, 0.25) is 0 Å². The van der Waals surface area contributed by atoms with E-state index in [1.807, 2.05) is 35.7 Å². The molecule has 6 heteroatoms. The van der Waals surface area contributed by atoms with Crippen molar-refractivity contribution in [3.8, 4) is 0 Å². The van der Waals surface area contributed by atoms with Crippen LogP contribution >= 0.6 is 11.3 Å². The zero-order valence-electron chi connectivity index (χ0n) is 13.2. The van der Waals surface area contributed by atoms with Gasteiger partial charge in [-0.1, -0.05) is 44.2 Å². The van der Waals surface area contributed by atoms with Crippen LogP contribution in [0.4, 0.5) is 4.79 Å². The number of carbonyl (C=O) groups is 2. The van der Waals surface area contributed by atoms with Crippen LogP contribution in [0.5, 0.6) is 0 Å². The first-order chi connectivity index (χ1) is 11.0. The lowest BCUT2D eigenvalue weighted by molar-refractivity contribution is -0.127. The summed E-state index contributed by atoms with van der Waals surface area (Å²) in [7, 11) is 0. The fourth-order valence-electron chi connectivity index (χ4n) is 2.54. The third-order valence-corrected chi connectivity index (χ3v) is 4.97. The highest BCUT2D eigenvalue weighted by Crippen LogP contribution is 2.21. The molecule has 1 aromatic heterocycles. The number of nitrogens with zero attached hydrogens (tertiary/aromatic N) is 2. The molecule has 1 aliphatic heterocycles. The summed E-state index contributed by atoms with van der Waals surface area (Å²) in [4.78, 5) is 30.3. The summed E-state index contributed by atoms with van der Waals surface area (Å²) in [5, 5.41) is 5.70. The van der Waals surface area contributed by atoms with Gasteiger partial charge < -0.3 is 5.32 Å². The van der Waals surface area contributed by atoms with Gasteiger partial charge in [-0.25, -0.2) is 9.78 Å². The minimum Gasteiger partial charge on any atom is -0.325 e. The second kappa shape index (κ2) is 6.50. The van der Waals surface area contributed by atoms with E-state index in [2.05, 4.69) is 24.1 Å². The number of aromatic nitrogens is 1. The van der Waals surface area contributed by atoms with Gasteiger partial charge >= 0.3 is 6.03 Å². The van der Waals surface area contributed by atoms with Gasteiger partial charge in [-0.3, -0.25) is 9.69 Å². The molecule has 0 aliphatic carbocycles. The van der Waals surface area contributed by atoms with Crippen molar-refractivity contribution in [3.63, 3.8) is 0 Å². The number of hydrogen-bond acceptors (Lipinski definition) is 4. The van der Waals surface area contributed by atoms with Crippen LogP contribution in [0, 0.1) is 0 Å². The molecule has 1 aromatic carbocycles. The number of nitrogens with one attached hydrogen (secondary N) is 1. The van der Waals surface area contributed by atoms with E-state index in [9.17, 15) is 9.59 Å². The summed E-state index contributed by atoms with van der Waals surface area (Å²) >= 11 is 1.57. The average Bonchev–Trinajstić information content (AvgIpc) is 3.10. The standard InChI is InChI=1S/C17H19N3O2S/c1-11(2)15-18-13(10-23-15)9-20-16(21)14(19-17(20)22)8-12-6-4-3-5-7-12/h3-7,10-11,14H,8-9H2,1-2H3,(H,19,22)/t14-/m1/s1. The summed E-state index contributed by atoms with van der Waals surface area (Å²) in [5.74, 6) is 0.167. The molecule has 1 atom stereocenters. The Morgan fingerprint density at radius 3 is 2.65 bits per heavy atom. The van der Waals surface area contributed by atoms with Crippen LogP contribution in [0.3, 0.4) is 0 Å². The fraction of sp³-hybridized carbons (Fsp3) is 0.353. The van der Waals surface area contributed by atoms with E-state index in [4.69, 9.17) is 0 Å². The Morgan fingerprint density at radius 2 is 2.00 bits per heavy atom. The second-order valence-corrected chi connectivity index (χ2v) is 6.84. The Morgan fingerprint density at radius 1 is 1.26 bits per heavy atom. The molecule has 1 saturated heterocycles. The third-order valence-electron chi connectivity index (χ3n) is 3.77. The predicted octanol–water partition coefficient (Wildman–Crippen LogP) is 2.93. The summed E-state index contributed by atoms with van der Waals surface area (Å²) in [6.07, 6.45) is 0.510. The van der Waals surface area contributed by atoms with Crippen molar-refractivity contribution in [3.05, 3.63) is 52.0 Å². The maximum absolute atomic E-state index is 12.5. The first-order valence-electron chi connectivity index (χ1n) is 7.64. The zero-order chi connectivity index (χ0) is 16.4. The van der Waals surface area contributed by atoms with Gasteiger partial charge in [-0.2, -0.15) is 0 Å². The van der Waals surface area contributed by atoms with Crippen molar-refractivity contribution in [2.45, 2.75) is 38.8 Å². The predicted molar refractivity (Wildman–Crippen MR) is 89.2 cm³/mol. The van der Waals surface area contributed by atoms with E-state index in [1.54, 1.807) is 11.3 Å². The Labute approximate surface area is 139 Å². The van der Waals surface area contributed by atoms with E-state index >= 15 is 0 Å². The number of carbonyl (C=O) groups excluding carboxylic acids is 2. The zero-order valence-corrected chi connectivity index (χ0v) is 14.0. The summed E-state index contributed by atoms with van der Waals surface area (Å²) < 4.78 is 0. The van der Waals surface area contributed by atoms with Crippen LogP contribution in [0.1, 0.15) is 36.0 Å². The van der Waals surface area contributed by atoms with Crippen LogP contribution < -0.4 is 5.32 Å². The topological polar surface area (TPSA) is 62.3 Å². The third kappa shape index (κ3) is 3.42. The molecule has 5 nitrogen and oxygen atoms in total. The molecule has 0 spiro atoms. The van der Waals surface area contributed by atoms with Gasteiger partial charge in [0.05, 0.1) is 17.2 Å². The summed E-state index contributed by atoms with van der Waals surface area (Å²) in [5.41, 5.74) is 1.80. The van der Waals surface area contributed by atoms with E-state index in [0.29, 0.717) is 12.3 Å². The summed E-state index contributed by atoms with van der Waals surface area (Å²) in [6, 6.07) is 8.87. The number of thiazole rings is 1. The number of hydrogen-bond donors (Lipinski definition) is 1. The largest absolute Gasteiger partial charge is 0.325 e. The smallest absolute Gasteiger partial charge is 0.325 e. The van der Waals surface area contributed by atoms with E-state index in [1.165, 1.54) is 4.90 Å². The highest BCUT2D eigenvalue weighted by atomic mass is 32.1. The highest BCUT2D eigenvalue weighted by molar-refractivity contribution is 7.09. The number of amides is 3. The Kier molecular flexibility index (Phi) is 4.43. The van der Waals surface area contributed by atoms with Crippen molar-refractivity contribution >= 4 is 23.3 Å². The lowest BCUT2D eigenvalue weighted by Crippen LogP contribution is -2.32. The molecule has 1 N–H and O–H groups in total. The van der Waals surface area contributed by atoms with Crippen LogP contribution in [0.15, 0.2) is 35.7 Å². The molecule has 1 aliphatic rings. The van der Waals surface area contributed by atoms with E-state index in [0.717, 1.165) is 16.3 Å². The Hall–Kier alpha value is -2.21. The molecule has 2 heterocycles. The van der Waals surface area contributed by atoms with E-state index in [-0.39, 0.29) is 18.5 Å². The first kappa shape index (κ1) is 15.7. The van der Waals surface area contributed by atoms with Crippen LogP contribution in [-0.2, 0) is 17.8 Å². The van der Waals surface area contributed by atoms with Crippen molar-refractivity contribution in [1.82, 2.24) is 15.2 Å². The molecule has 120 valence electrons. The maximum Gasteiger partial charge on any atom is 0.325 e. The Bertz CT molecular complexity index is 712. The first-order valence-corrected chi connectivity index (χ1v) is 8.52. The fourth-order valence-corrected chi connectivity index (χ4v) is 3.36. The molecule has 3 amide bonds. The molecule has 3 rings (SSSR count).